The Morgan fingerprint density at radius 2 is 2.07 bits per heavy atom. The Kier molecular flexibility index (Phi) is 6.64. The van der Waals surface area contributed by atoms with Crippen molar-refractivity contribution in [3.05, 3.63) is 71.2 Å². The van der Waals surface area contributed by atoms with Gasteiger partial charge >= 0.3 is 0 Å². The summed E-state index contributed by atoms with van der Waals surface area (Å²) in [5.74, 6) is 1.28. The van der Waals surface area contributed by atoms with Crippen molar-refractivity contribution in [3.63, 3.8) is 0 Å². The van der Waals surface area contributed by atoms with Crippen LogP contribution in [0.3, 0.4) is 0 Å². The van der Waals surface area contributed by atoms with E-state index in [0.29, 0.717) is 5.92 Å². The molecule has 0 radical (unpaired) electrons. The Bertz CT molecular complexity index is 846. The molecule has 0 aliphatic heterocycles. The summed E-state index contributed by atoms with van der Waals surface area (Å²) in [5, 5.41) is 5.69. The van der Waals surface area contributed by atoms with Crippen LogP contribution in [0.15, 0.2) is 59.8 Å². The summed E-state index contributed by atoms with van der Waals surface area (Å²) in [6, 6.07) is 8.16. The van der Waals surface area contributed by atoms with E-state index in [1.807, 2.05) is 47.3 Å². The number of allylic oxidation sites excluding steroid dienone is 6. The highest BCUT2D eigenvalue weighted by Crippen LogP contribution is 2.30. The minimum absolute atomic E-state index is 0.424. The lowest BCUT2D eigenvalue weighted by Crippen LogP contribution is -2.17. The molecule has 0 spiro atoms. The zero-order valence-corrected chi connectivity index (χ0v) is 17.0. The van der Waals surface area contributed by atoms with Crippen LogP contribution >= 0.6 is 11.6 Å². The van der Waals surface area contributed by atoms with Gasteiger partial charge < -0.3 is 4.90 Å². The molecule has 0 saturated heterocycles. The number of pyridine rings is 1. The van der Waals surface area contributed by atoms with Crippen LogP contribution in [0.1, 0.15) is 43.5 Å². The zero-order chi connectivity index (χ0) is 19.2. The minimum atomic E-state index is 0.424. The zero-order valence-electron chi connectivity index (χ0n) is 16.3. The van der Waals surface area contributed by atoms with Crippen molar-refractivity contribution in [3.8, 4) is 5.82 Å². The van der Waals surface area contributed by atoms with Crippen molar-refractivity contribution in [1.29, 1.82) is 0 Å². The highest BCUT2D eigenvalue weighted by atomic mass is 35.5. The maximum absolute atomic E-state index is 6.15. The summed E-state index contributed by atoms with van der Waals surface area (Å²) in [4.78, 5) is 6.76. The smallest absolute Gasteiger partial charge is 0.153 e. The Balaban J connectivity index is 2.01. The molecule has 0 fully saturated rings. The molecule has 27 heavy (non-hydrogen) atoms. The number of halogens is 1. The van der Waals surface area contributed by atoms with Gasteiger partial charge in [0.15, 0.2) is 5.82 Å². The summed E-state index contributed by atoms with van der Waals surface area (Å²) < 4.78 is 2.01. The van der Waals surface area contributed by atoms with Crippen LogP contribution in [-0.2, 0) is 0 Å². The number of hydrogen-bond acceptors (Lipinski definition) is 3. The van der Waals surface area contributed by atoms with E-state index in [0.717, 1.165) is 47.9 Å². The highest BCUT2D eigenvalue weighted by molar-refractivity contribution is 6.31. The second-order valence-corrected chi connectivity index (χ2v) is 7.51. The monoisotopic (exact) mass is 382 g/mol. The molecule has 1 unspecified atom stereocenters. The highest BCUT2D eigenvalue weighted by Gasteiger charge is 2.20. The molecule has 142 valence electrons. The van der Waals surface area contributed by atoms with Crippen LogP contribution in [0.25, 0.3) is 11.4 Å². The first kappa shape index (κ1) is 19.6. The van der Waals surface area contributed by atoms with Gasteiger partial charge in [0.05, 0.1) is 5.69 Å². The van der Waals surface area contributed by atoms with Crippen LogP contribution < -0.4 is 0 Å². The molecule has 1 aliphatic carbocycles. The molecule has 2 aromatic heterocycles. The molecule has 3 rings (SSSR count). The Labute approximate surface area is 166 Å². The van der Waals surface area contributed by atoms with E-state index in [-0.39, 0.29) is 0 Å². The van der Waals surface area contributed by atoms with E-state index < -0.39 is 0 Å². The van der Waals surface area contributed by atoms with Gasteiger partial charge in [-0.15, -0.1) is 0 Å². The molecule has 2 heterocycles. The SMILES string of the molecule is CCC(CCN(C)C)c1cc(C2=CCC=C(Cl)C=C2)nn1-c1ccccn1. The molecule has 5 heteroatoms. The van der Waals surface area contributed by atoms with Gasteiger partial charge in [0, 0.05) is 22.8 Å². The van der Waals surface area contributed by atoms with Gasteiger partial charge in [-0.2, -0.15) is 5.10 Å². The average molecular weight is 383 g/mol. The molecule has 0 saturated carbocycles. The van der Waals surface area contributed by atoms with Crippen molar-refractivity contribution >= 4 is 17.2 Å². The topological polar surface area (TPSA) is 34.0 Å². The van der Waals surface area contributed by atoms with Crippen LogP contribution in [-0.4, -0.2) is 40.3 Å². The lowest BCUT2D eigenvalue weighted by molar-refractivity contribution is 0.374. The number of hydrogen-bond donors (Lipinski definition) is 0. The fourth-order valence-electron chi connectivity index (χ4n) is 3.26. The largest absolute Gasteiger partial charge is 0.309 e. The molecule has 0 amide bonds. The van der Waals surface area contributed by atoms with Crippen molar-refractivity contribution in [2.24, 2.45) is 0 Å². The third-order valence-electron chi connectivity index (χ3n) is 4.81. The molecular formula is C22H27ClN4. The van der Waals surface area contributed by atoms with E-state index in [2.05, 4.69) is 43.0 Å². The van der Waals surface area contributed by atoms with Gasteiger partial charge in [-0.3, -0.25) is 0 Å². The van der Waals surface area contributed by atoms with Crippen LogP contribution in [0.4, 0.5) is 0 Å². The first-order chi connectivity index (χ1) is 13.1. The Hall–Kier alpha value is -2.17. The molecule has 2 aromatic rings. The van der Waals surface area contributed by atoms with Crippen LogP contribution in [0.5, 0.6) is 0 Å². The average Bonchev–Trinajstić information content (AvgIpc) is 2.99. The van der Waals surface area contributed by atoms with Gasteiger partial charge in [0.2, 0.25) is 0 Å². The van der Waals surface area contributed by atoms with Gasteiger partial charge in [-0.1, -0.05) is 42.8 Å². The normalized spacial score (nSPS) is 15.4. The van der Waals surface area contributed by atoms with Crippen molar-refractivity contribution in [2.45, 2.75) is 32.1 Å². The van der Waals surface area contributed by atoms with E-state index in [4.69, 9.17) is 16.7 Å². The third-order valence-corrected chi connectivity index (χ3v) is 5.09. The van der Waals surface area contributed by atoms with Crippen molar-refractivity contribution < 1.29 is 0 Å². The van der Waals surface area contributed by atoms with Crippen LogP contribution in [0.2, 0.25) is 0 Å². The van der Waals surface area contributed by atoms with Crippen molar-refractivity contribution in [2.75, 3.05) is 20.6 Å². The molecule has 0 aromatic carbocycles. The Morgan fingerprint density at radius 1 is 1.22 bits per heavy atom. The fourth-order valence-corrected chi connectivity index (χ4v) is 3.41. The molecule has 0 bridgehead atoms. The van der Waals surface area contributed by atoms with E-state index in [1.54, 1.807) is 0 Å². The predicted molar refractivity (Wildman–Crippen MR) is 113 cm³/mol. The second kappa shape index (κ2) is 9.16. The summed E-state index contributed by atoms with van der Waals surface area (Å²) in [5.41, 5.74) is 3.28. The molecule has 0 N–H and O–H groups in total. The lowest BCUT2D eigenvalue weighted by Gasteiger charge is -2.18. The Morgan fingerprint density at radius 3 is 2.78 bits per heavy atom. The van der Waals surface area contributed by atoms with E-state index in [9.17, 15) is 0 Å². The summed E-state index contributed by atoms with van der Waals surface area (Å²) in [7, 11) is 4.23. The second-order valence-electron chi connectivity index (χ2n) is 7.07. The summed E-state index contributed by atoms with van der Waals surface area (Å²) in [6.45, 7) is 3.29. The van der Waals surface area contributed by atoms with Gasteiger partial charge in [-0.25, -0.2) is 9.67 Å². The molecule has 1 atom stereocenters. The number of aromatic nitrogens is 3. The fraction of sp³-hybridized carbons (Fsp3) is 0.364. The summed E-state index contributed by atoms with van der Waals surface area (Å²) in [6.07, 6.45) is 12.9. The maximum atomic E-state index is 6.15. The predicted octanol–water partition coefficient (Wildman–Crippen LogP) is 5.18. The summed E-state index contributed by atoms with van der Waals surface area (Å²) >= 11 is 6.15. The number of nitrogens with zero attached hydrogens (tertiary/aromatic N) is 4. The molecular weight excluding hydrogens is 356 g/mol. The van der Waals surface area contributed by atoms with E-state index >= 15 is 0 Å². The van der Waals surface area contributed by atoms with Crippen molar-refractivity contribution in [1.82, 2.24) is 19.7 Å². The number of rotatable bonds is 7. The van der Waals surface area contributed by atoms with Gasteiger partial charge in [0.25, 0.3) is 0 Å². The van der Waals surface area contributed by atoms with E-state index in [1.165, 1.54) is 5.69 Å². The minimum Gasteiger partial charge on any atom is -0.309 e. The van der Waals surface area contributed by atoms with Gasteiger partial charge in [-0.05, 0) is 69.8 Å². The lowest BCUT2D eigenvalue weighted by atomic mass is 9.97. The first-order valence-corrected chi connectivity index (χ1v) is 9.86. The maximum Gasteiger partial charge on any atom is 0.153 e. The quantitative estimate of drug-likeness (QED) is 0.661. The van der Waals surface area contributed by atoms with Gasteiger partial charge in [0.1, 0.15) is 0 Å². The molecule has 4 nitrogen and oxygen atoms in total. The standard InChI is InChI=1S/C22H27ClN4/c1-4-17(13-15-26(2)3)21-16-20(18-8-7-9-19(23)12-11-18)25-27(21)22-10-5-6-14-24-22/h5-6,8-12,14,16-17H,4,7,13,15H2,1-3H3. The third kappa shape index (κ3) is 4.96. The van der Waals surface area contributed by atoms with Crippen LogP contribution in [0, 0.1) is 0 Å². The molecule has 1 aliphatic rings. The first-order valence-electron chi connectivity index (χ1n) is 9.49.